The number of rotatable bonds is 5. The van der Waals surface area contributed by atoms with E-state index in [1.165, 1.54) is 6.07 Å². The van der Waals surface area contributed by atoms with Gasteiger partial charge >= 0.3 is 5.97 Å². The third-order valence-corrected chi connectivity index (χ3v) is 3.61. The van der Waals surface area contributed by atoms with Crippen molar-refractivity contribution < 1.29 is 19.4 Å². The summed E-state index contributed by atoms with van der Waals surface area (Å²) in [6, 6.07) is 16.2. The lowest BCUT2D eigenvalue weighted by Crippen LogP contribution is -2.02. The fraction of sp³-hybridized carbons (Fsp3) is 0.111. The molecule has 24 heavy (non-hydrogen) atoms. The predicted octanol–water partition coefficient (Wildman–Crippen LogP) is 3.25. The third kappa shape index (κ3) is 2.81. The Bertz CT molecular complexity index is 872. The van der Waals surface area contributed by atoms with Crippen LogP contribution in [0.1, 0.15) is 10.5 Å². The van der Waals surface area contributed by atoms with Gasteiger partial charge in [0.05, 0.1) is 25.6 Å². The summed E-state index contributed by atoms with van der Waals surface area (Å²) in [7, 11) is 3.13. The Balaban J connectivity index is 2.22. The molecule has 0 atom stereocenters. The second-order valence-electron chi connectivity index (χ2n) is 5.03. The average Bonchev–Trinajstić information content (AvgIpc) is 3.07. The van der Waals surface area contributed by atoms with Gasteiger partial charge in [-0.25, -0.2) is 9.48 Å². The number of aromatic nitrogens is 2. The Labute approximate surface area is 138 Å². The molecule has 6 nitrogen and oxygen atoms in total. The van der Waals surface area contributed by atoms with Crippen LogP contribution in [0.25, 0.3) is 16.9 Å². The zero-order chi connectivity index (χ0) is 17.1. The molecular weight excluding hydrogens is 308 g/mol. The van der Waals surface area contributed by atoms with Gasteiger partial charge in [-0.1, -0.05) is 18.2 Å². The highest BCUT2D eigenvalue weighted by molar-refractivity contribution is 5.87. The Kier molecular flexibility index (Phi) is 4.20. The molecule has 0 radical (unpaired) electrons. The van der Waals surface area contributed by atoms with Gasteiger partial charge in [0.15, 0.2) is 5.69 Å². The Morgan fingerprint density at radius 1 is 1.04 bits per heavy atom. The van der Waals surface area contributed by atoms with Gasteiger partial charge < -0.3 is 14.6 Å². The number of carboxylic acids is 1. The maximum absolute atomic E-state index is 11.4. The van der Waals surface area contributed by atoms with Crippen LogP contribution >= 0.6 is 0 Å². The number of hydrogen-bond donors (Lipinski definition) is 1. The van der Waals surface area contributed by atoms with E-state index < -0.39 is 5.97 Å². The number of carbonyl (C=O) groups is 1. The number of nitrogens with zero attached hydrogens (tertiary/aromatic N) is 2. The molecule has 0 aliphatic rings. The lowest BCUT2D eigenvalue weighted by molar-refractivity contribution is 0.0690. The van der Waals surface area contributed by atoms with Gasteiger partial charge in [0.2, 0.25) is 0 Å². The highest BCUT2D eigenvalue weighted by Gasteiger charge is 2.19. The van der Waals surface area contributed by atoms with Crippen LogP contribution in [0.2, 0.25) is 0 Å². The minimum Gasteiger partial charge on any atom is -0.497 e. The van der Waals surface area contributed by atoms with Gasteiger partial charge in [0.1, 0.15) is 11.5 Å². The number of carboxylic acid groups (broad SMARTS) is 1. The van der Waals surface area contributed by atoms with E-state index in [1.54, 1.807) is 31.0 Å². The van der Waals surface area contributed by atoms with Crippen LogP contribution in [-0.2, 0) is 0 Å². The SMILES string of the molecule is COc1ccc(-c2cc(C(=O)O)nn2-c2ccccc2)c(OC)c1. The molecule has 0 spiro atoms. The number of hydrogen-bond acceptors (Lipinski definition) is 4. The minimum absolute atomic E-state index is 0.0354. The average molecular weight is 324 g/mol. The molecule has 3 aromatic rings. The fourth-order valence-corrected chi connectivity index (χ4v) is 2.45. The predicted molar refractivity (Wildman–Crippen MR) is 89.1 cm³/mol. The molecule has 0 saturated heterocycles. The minimum atomic E-state index is -1.08. The summed E-state index contributed by atoms with van der Waals surface area (Å²) in [6.07, 6.45) is 0. The van der Waals surface area contributed by atoms with E-state index >= 15 is 0 Å². The molecule has 2 aromatic carbocycles. The number of aromatic carboxylic acids is 1. The largest absolute Gasteiger partial charge is 0.497 e. The summed E-state index contributed by atoms with van der Waals surface area (Å²) in [5, 5.41) is 13.5. The number of para-hydroxylation sites is 1. The van der Waals surface area contributed by atoms with E-state index in [2.05, 4.69) is 5.10 Å². The molecule has 1 N–H and O–H groups in total. The smallest absolute Gasteiger partial charge is 0.356 e. The van der Waals surface area contributed by atoms with Crippen molar-refractivity contribution in [2.75, 3.05) is 14.2 Å². The first-order valence-electron chi connectivity index (χ1n) is 7.25. The lowest BCUT2D eigenvalue weighted by atomic mass is 10.1. The van der Waals surface area contributed by atoms with Crippen LogP contribution in [0.15, 0.2) is 54.6 Å². The van der Waals surface area contributed by atoms with Crippen LogP contribution in [0.5, 0.6) is 11.5 Å². The second-order valence-corrected chi connectivity index (χ2v) is 5.03. The number of benzene rings is 2. The first-order chi connectivity index (χ1) is 11.6. The van der Waals surface area contributed by atoms with E-state index in [4.69, 9.17) is 9.47 Å². The third-order valence-electron chi connectivity index (χ3n) is 3.61. The van der Waals surface area contributed by atoms with Crippen LogP contribution in [0.3, 0.4) is 0 Å². The van der Waals surface area contributed by atoms with Crippen molar-refractivity contribution in [3.63, 3.8) is 0 Å². The summed E-state index contributed by atoms with van der Waals surface area (Å²) in [4.78, 5) is 11.4. The summed E-state index contributed by atoms with van der Waals surface area (Å²) in [5.74, 6) is 0.140. The van der Waals surface area contributed by atoms with Crippen LogP contribution in [0, 0.1) is 0 Å². The van der Waals surface area contributed by atoms with Crippen molar-refractivity contribution in [3.8, 4) is 28.4 Å². The van der Waals surface area contributed by atoms with Crippen molar-refractivity contribution in [1.82, 2.24) is 9.78 Å². The maximum Gasteiger partial charge on any atom is 0.356 e. The maximum atomic E-state index is 11.4. The number of ether oxygens (including phenoxy) is 2. The molecule has 0 unspecified atom stereocenters. The Morgan fingerprint density at radius 2 is 1.79 bits per heavy atom. The van der Waals surface area contributed by atoms with E-state index in [0.29, 0.717) is 17.2 Å². The molecule has 0 fully saturated rings. The van der Waals surface area contributed by atoms with E-state index in [0.717, 1.165) is 11.3 Å². The van der Waals surface area contributed by atoms with Crippen molar-refractivity contribution in [2.24, 2.45) is 0 Å². The fourth-order valence-electron chi connectivity index (χ4n) is 2.45. The second kappa shape index (κ2) is 6.45. The Hall–Kier alpha value is -3.28. The molecule has 0 aliphatic heterocycles. The molecule has 1 aromatic heterocycles. The highest BCUT2D eigenvalue weighted by atomic mass is 16.5. The molecule has 0 amide bonds. The summed E-state index contributed by atoms with van der Waals surface area (Å²) >= 11 is 0. The molecular formula is C18H16N2O4. The molecule has 0 saturated carbocycles. The molecule has 122 valence electrons. The van der Waals surface area contributed by atoms with E-state index in [-0.39, 0.29) is 5.69 Å². The van der Waals surface area contributed by atoms with Gasteiger partial charge in [0, 0.05) is 11.6 Å². The summed E-state index contributed by atoms with van der Waals surface area (Å²) in [6.45, 7) is 0. The highest BCUT2D eigenvalue weighted by Crippen LogP contribution is 2.34. The topological polar surface area (TPSA) is 73.6 Å². The van der Waals surface area contributed by atoms with Gasteiger partial charge in [-0.05, 0) is 30.3 Å². The normalized spacial score (nSPS) is 10.4. The zero-order valence-electron chi connectivity index (χ0n) is 13.3. The Morgan fingerprint density at radius 3 is 2.42 bits per heavy atom. The van der Waals surface area contributed by atoms with E-state index in [9.17, 15) is 9.90 Å². The van der Waals surface area contributed by atoms with Crippen LogP contribution in [0.4, 0.5) is 0 Å². The molecule has 0 bridgehead atoms. The zero-order valence-corrected chi connectivity index (χ0v) is 13.3. The van der Waals surface area contributed by atoms with Gasteiger partial charge in [-0.2, -0.15) is 5.10 Å². The molecule has 0 aliphatic carbocycles. The number of methoxy groups -OCH3 is 2. The van der Waals surface area contributed by atoms with Gasteiger partial charge in [-0.3, -0.25) is 0 Å². The summed E-state index contributed by atoms with van der Waals surface area (Å²) < 4.78 is 12.2. The monoisotopic (exact) mass is 324 g/mol. The van der Waals surface area contributed by atoms with Crippen molar-refractivity contribution >= 4 is 5.97 Å². The van der Waals surface area contributed by atoms with Gasteiger partial charge in [-0.15, -0.1) is 0 Å². The van der Waals surface area contributed by atoms with Crippen molar-refractivity contribution in [3.05, 3.63) is 60.3 Å². The van der Waals surface area contributed by atoms with Crippen LogP contribution < -0.4 is 9.47 Å². The molecule has 1 heterocycles. The van der Waals surface area contributed by atoms with Crippen LogP contribution in [-0.4, -0.2) is 35.1 Å². The van der Waals surface area contributed by atoms with Gasteiger partial charge in [0.25, 0.3) is 0 Å². The summed E-state index contributed by atoms with van der Waals surface area (Å²) in [5.41, 5.74) is 2.07. The van der Waals surface area contributed by atoms with Crippen molar-refractivity contribution in [2.45, 2.75) is 0 Å². The van der Waals surface area contributed by atoms with Crippen molar-refractivity contribution in [1.29, 1.82) is 0 Å². The van der Waals surface area contributed by atoms with E-state index in [1.807, 2.05) is 36.4 Å². The molecule has 3 rings (SSSR count). The first-order valence-corrected chi connectivity index (χ1v) is 7.25. The molecule has 6 heteroatoms. The quantitative estimate of drug-likeness (QED) is 0.780. The lowest BCUT2D eigenvalue weighted by Gasteiger charge is -2.12. The first kappa shape index (κ1) is 15.6. The standard InChI is InChI=1S/C18H16N2O4/c1-23-13-8-9-14(17(10-13)24-2)16-11-15(18(21)22)19-20(16)12-6-4-3-5-7-12/h3-11H,1-2H3,(H,21,22).